The number of hydrogen-bond acceptors (Lipinski definition) is 8. The van der Waals surface area contributed by atoms with Gasteiger partial charge in [-0.2, -0.15) is 21.0 Å². The Labute approximate surface area is 253 Å². The number of alkyl halides is 6. The summed E-state index contributed by atoms with van der Waals surface area (Å²) in [6, 6.07) is 16.5. The minimum Gasteiger partial charge on any atom is -0.406 e. The van der Waals surface area contributed by atoms with E-state index in [1.807, 2.05) is 0 Å². The van der Waals surface area contributed by atoms with E-state index in [-0.39, 0.29) is 66.4 Å². The van der Waals surface area contributed by atoms with Crippen molar-refractivity contribution in [3.05, 3.63) is 59.5 Å². The molecule has 5 aromatic rings. The smallest absolute Gasteiger partial charge is 0.406 e. The fraction of sp³-hybridized carbons (Fsp3) is 0.133. The molecule has 2 aromatic heterocycles. The quantitative estimate of drug-likeness (QED) is 0.252. The van der Waals surface area contributed by atoms with Crippen molar-refractivity contribution in [3.8, 4) is 58.0 Å². The summed E-state index contributed by atoms with van der Waals surface area (Å²) in [5.41, 5.74) is 0.743. The highest BCUT2D eigenvalue weighted by Gasteiger charge is 2.32. The van der Waals surface area contributed by atoms with E-state index < -0.39 is 24.2 Å². The van der Waals surface area contributed by atoms with E-state index in [2.05, 4.69) is 19.4 Å². The number of nitriles is 4. The summed E-state index contributed by atoms with van der Waals surface area (Å²) >= 11 is 0. The number of aromatic nitrogens is 4. The molecule has 5 rings (SSSR count). The molecule has 228 valence electrons. The molecule has 0 aliphatic carbocycles. The average molecular weight is 632 g/mol. The lowest BCUT2D eigenvalue weighted by molar-refractivity contribution is -0.275. The van der Waals surface area contributed by atoms with Gasteiger partial charge in [-0.3, -0.25) is 0 Å². The largest absolute Gasteiger partial charge is 0.573 e. The van der Waals surface area contributed by atoms with Crippen molar-refractivity contribution in [3.63, 3.8) is 0 Å². The Morgan fingerprint density at radius 2 is 0.891 bits per heavy atom. The third-order valence-electron chi connectivity index (χ3n) is 6.79. The van der Waals surface area contributed by atoms with Crippen LogP contribution in [0.4, 0.5) is 26.3 Å². The lowest BCUT2D eigenvalue weighted by Crippen LogP contribution is -2.18. The zero-order chi connectivity index (χ0) is 33.6. The first-order valence-electron chi connectivity index (χ1n) is 12.7. The second-order valence-electron chi connectivity index (χ2n) is 9.47. The van der Waals surface area contributed by atoms with E-state index in [9.17, 15) is 47.4 Å². The summed E-state index contributed by atoms with van der Waals surface area (Å²) in [5, 5.41) is 38.6. The molecule has 0 atom stereocenters. The molecule has 46 heavy (non-hydrogen) atoms. The molecular formula is C30H14F6N8O2. The predicted octanol–water partition coefficient (Wildman–Crippen LogP) is 4.99. The summed E-state index contributed by atoms with van der Waals surface area (Å²) in [6.07, 6.45) is -9.92. The van der Waals surface area contributed by atoms with Gasteiger partial charge in [-0.25, -0.2) is 9.97 Å². The van der Waals surface area contributed by atoms with Gasteiger partial charge >= 0.3 is 12.7 Å². The second-order valence-corrected chi connectivity index (χ2v) is 9.47. The highest BCUT2D eigenvalue weighted by atomic mass is 19.4. The van der Waals surface area contributed by atoms with E-state index in [4.69, 9.17) is 0 Å². The van der Waals surface area contributed by atoms with Crippen LogP contribution in [0.5, 0.6) is 11.5 Å². The minimum atomic E-state index is -4.96. The maximum Gasteiger partial charge on any atom is 0.573 e. The molecule has 0 saturated heterocycles. The van der Waals surface area contributed by atoms with Crippen LogP contribution in [-0.4, -0.2) is 31.8 Å². The molecular weight excluding hydrogens is 618 g/mol. The summed E-state index contributed by atoms with van der Waals surface area (Å²) in [6.45, 7) is 0. The summed E-state index contributed by atoms with van der Waals surface area (Å²) in [5.74, 6) is -1.05. The van der Waals surface area contributed by atoms with Crippen LogP contribution < -0.4 is 20.4 Å². The molecule has 0 radical (unpaired) electrons. The molecule has 0 spiro atoms. The molecule has 0 saturated carbocycles. The monoisotopic (exact) mass is 632 g/mol. The van der Waals surface area contributed by atoms with Gasteiger partial charge in [-0.1, -0.05) is 24.3 Å². The molecule has 0 unspecified atom stereocenters. The number of hydrogen-bond donors (Lipinski definition) is 0. The Morgan fingerprint density at radius 1 is 0.587 bits per heavy atom. The third kappa shape index (κ3) is 5.47. The van der Waals surface area contributed by atoms with Crippen molar-refractivity contribution in [2.24, 2.45) is 14.1 Å². The molecule has 0 fully saturated rings. The van der Waals surface area contributed by atoms with Gasteiger partial charge < -0.3 is 18.6 Å². The van der Waals surface area contributed by atoms with Crippen molar-refractivity contribution in [2.75, 3.05) is 0 Å². The average Bonchev–Trinajstić information content (AvgIpc) is 3.50. The van der Waals surface area contributed by atoms with Gasteiger partial charge in [0.05, 0.1) is 22.1 Å². The van der Waals surface area contributed by atoms with Crippen molar-refractivity contribution in [2.45, 2.75) is 12.7 Å². The molecule has 16 heteroatoms. The topological polar surface area (TPSA) is 149 Å². The number of halogens is 6. The van der Waals surface area contributed by atoms with Gasteiger partial charge in [-0.15, -0.1) is 26.3 Å². The van der Waals surface area contributed by atoms with Gasteiger partial charge in [0.15, 0.2) is 22.1 Å². The van der Waals surface area contributed by atoms with Crippen molar-refractivity contribution in [1.29, 1.82) is 21.0 Å². The lowest BCUT2D eigenvalue weighted by atomic mass is 9.95. The second kappa shape index (κ2) is 11.2. The van der Waals surface area contributed by atoms with Crippen LogP contribution in [0.2, 0.25) is 0 Å². The van der Waals surface area contributed by atoms with Crippen LogP contribution >= 0.6 is 0 Å². The normalized spacial score (nSPS) is 11.4. The zero-order valence-corrected chi connectivity index (χ0v) is 23.3. The van der Waals surface area contributed by atoms with Crippen molar-refractivity contribution >= 4 is 33.2 Å². The predicted molar refractivity (Wildman–Crippen MR) is 148 cm³/mol. The molecule has 0 aliphatic heterocycles. The van der Waals surface area contributed by atoms with E-state index >= 15 is 0 Å². The molecule has 3 aromatic carbocycles. The highest BCUT2D eigenvalue weighted by Crippen LogP contribution is 2.42. The van der Waals surface area contributed by atoms with Crippen LogP contribution in [0.1, 0.15) is 0 Å². The molecule has 10 nitrogen and oxygen atoms in total. The van der Waals surface area contributed by atoms with Gasteiger partial charge in [0.2, 0.25) is 0 Å². The van der Waals surface area contributed by atoms with Crippen LogP contribution in [0, 0.1) is 45.3 Å². The number of nitrogens with zero attached hydrogens (tertiary/aromatic N) is 8. The van der Waals surface area contributed by atoms with Crippen LogP contribution in [0.3, 0.4) is 0 Å². The summed E-state index contributed by atoms with van der Waals surface area (Å²) in [4.78, 5) is 9.14. The maximum absolute atomic E-state index is 12.9. The SMILES string of the molecule is Cn1c(=C(C#N)C#N)nc2c(-c3ccc(OC(F)(F)F)cc3)c3c(nc(=C(C#N)C#N)n3C)c(-c3ccc(OC(F)(F)F)cc3)c21. The fourth-order valence-corrected chi connectivity index (χ4v) is 5.03. The number of imidazole rings is 2. The Kier molecular flexibility index (Phi) is 7.53. The number of ether oxygens (including phenoxy) is 2. The number of rotatable bonds is 4. The van der Waals surface area contributed by atoms with E-state index in [0.29, 0.717) is 0 Å². The molecule has 0 N–H and O–H groups in total. The number of fused-ring (bicyclic) bond motifs is 2. The number of aryl methyl sites for hydroxylation is 2. The first-order chi connectivity index (χ1) is 21.7. The Balaban J connectivity index is 2.00. The fourth-order valence-electron chi connectivity index (χ4n) is 5.03. The van der Waals surface area contributed by atoms with Gasteiger partial charge in [-0.05, 0) is 35.4 Å². The van der Waals surface area contributed by atoms with Crippen molar-refractivity contribution < 1.29 is 35.8 Å². The van der Waals surface area contributed by atoms with Gasteiger partial charge in [0.1, 0.15) is 35.8 Å². The lowest BCUT2D eigenvalue weighted by Gasteiger charge is -2.15. The molecule has 0 amide bonds. The van der Waals surface area contributed by atoms with Crippen LogP contribution in [0.25, 0.3) is 55.5 Å². The number of benzene rings is 3. The first kappa shape index (κ1) is 30.9. The van der Waals surface area contributed by atoms with Crippen LogP contribution in [0.15, 0.2) is 48.5 Å². The van der Waals surface area contributed by atoms with Gasteiger partial charge in [0.25, 0.3) is 0 Å². The van der Waals surface area contributed by atoms with E-state index in [0.717, 1.165) is 24.3 Å². The van der Waals surface area contributed by atoms with E-state index in [1.165, 1.54) is 47.5 Å². The molecule has 0 aliphatic rings. The Morgan fingerprint density at radius 3 is 1.15 bits per heavy atom. The Hall–Kier alpha value is -6.52. The van der Waals surface area contributed by atoms with Crippen molar-refractivity contribution in [1.82, 2.24) is 19.1 Å². The molecule has 0 bridgehead atoms. The van der Waals surface area contributed by atoms with Crippen LogP contribution in [-0.2, 0) is 14.1 Å². The molecule has 2 heterocycles. The minimum absolute atomic E-state index is 0.0895. The Bertz CT molecular complexity index is 2140. The standard InChI is InChI=1S/C30H14F6N8O2/c1-43-25-21(15-3-7-19(8-4-15)45-29(31,32)33)24-26(44(2)28(42-24)18(13-39)14-40)22(23(25)41-27(43)17(11-37)12-38)16-5-9-20(10-6-16)46-30(34,35)36/h3-10H,1-2H3. The van der Waals surface area contributed by atoms with E-state index in [1.54, 1.807) is 24.3 Å². The zero-order valence-electron chi connectivity index (χ0n) is 23.3. The van der Waals surface area contributed by atoms with Gasteiger partial charge in [0, 0.05) is 25.2 Å². The maximum atomic E-state index is 12.9. The third-order valence-corrected chi connectivity index (χ3v) is 6.79. The highest BCUT2D eigenvalue weighted by molar-refractivity contribution is 6.17. The summed E-state index contributed by atoms with van der Waals surface area (Å²) in [7, 11) is 2.96. The first-order valence-corrected chi connectivity index (χ1v) is 12.7. The summed E-state index contributed by atoms with van der Waals surface area (Å²) < 4.78 is 87.9.